The minimum atomic E-state index is -3.55. The van der Waals surface area contributed by atoms with E-state index in [1.165, 1.54) is 0 Å². The summed E-state index contributed by atoms with van der Waals surface area (Å²) in [6.07, 6.45) is 1.71. The molecule has 2 heterocycles. The molecule has 2 aromatic carbocycles. The van der Waals surface area contributed by atoms with Crippen LogP contribution in [0.4, 0.5) is 0 Å². The lowest BCUT2D eigenvalue weighted by Crippen LogP contribution is -2.38. The maximum Gasteiger partial charge on any atom is 0.240 e. The van der Waals surface area contributed by atoms with E-state index in [0.29, 0.717) is 13.2 Å². The molecule has 0 saturated carbocycles. The van der Waals surface area contributed by atoms with Crippen LogP contribution in [0.3, 0.4) is 0 Å². The first-order valence-electron chi connectivity index (χ1n) is 8.92. The first-order chi connectivity index (χ1) is 13.5. The van der Waals surface area contributed by atoms with Gasteiger partial charge in [0.2, 0.25) is 10.0 Å². The lowest BCUT2D eigenvalue weighted by atomic mass is 10.2. The Morgan fingerprint density at radius 1 is 1.18 bits per heavy atom. The summed E-state index contributed by atoms with van der Waals surface area (Å²) in [7, 11) is -1.92. The third kappa shape index (κ3) is 3.94. The van der Waals surface area contributed by atoms with E-state index in [2.05, 4.69) is 9.71 Å². The van der Waals surface area contributed by atoms with Crippen molar-refractivity contribution in [2.24, 2.45) is 0 Å². The number of nitrogens with zero attached hydrogens (tertiary/aromatic N) is 2. The van der Waals surface area contributed by atoms with Gasteiger partial charge < -0.3 is 14.0 Å². The number of rotatable bonds is 6. The van der Waals surface area contributed by atoms with E-state index in [9.17, 15) is 8.42 Å². The van der Waals surface area contributed by atoms with Crippen molar-refractivity contribution in [2.75, 3.05) is 13.7 Å². The molecule has 0 radical (unpaired) electrons. The van der Waals surface area contributed by atoms with E-state index in [-0.39, 0.29) is 17.5 Å². The van der Waals surface area contributed by atoms with E-state index in [1.54, 1.807) is 37.4 Å². The Balaban J connectivity index is 1.43. The molecule has 28 heavy (non-hydrogen) atoms. The highest BCUT2D eigenvalue weighted by Gasteiger charge is 2.23. The van der Waals surface area contributed by atoms with Crippen LogP contribution in [-0.4, -0.2) is 37.7 Å². The number of methoxy groups -OCH3 is 1. The molecule has 0 amide bonds. The minimum Gasteiger partial charge on any atom is -0.497 e. The molecule has 1 atom stereocenters. The molecule has 0 saturated heterocycles. The summed E-state index contributed by atoms with van der Waals surface area (Å²) in [5.41, 5.74) is 1.84. The molecule has 0 unspecified atom stereocenters. The monoisotopic (exact) mass is 399 g/mol. The zero-order chi connectivity index (χ0) is 19.6. The van der Waals surface area contributed by atoms with Crippen molar-refractivity contribution >= 4 is 10.0 Å². The number of nitrogens with one attached hydrogen (secondary N) is 1. The van der Waals surface area contributed by atoms with Crippen LogP contribution in [0.25, 0.3) is 11.3 Å². The van der Waals surface area contributed by atoms with Gasteiger partial charge in [-0.15, -0.1) is 0 Å². The van der Waals surface area contributed by atoms with Crippen molar-refractivity contribution in [2.45, 2.75) is 24.2 Å². The topological polar surface area (TPSA) is 82.4 Å². The number of hydrogen-bond donors (Lipinski definition) is 1. The van der Waals surface area contributed by atoms with E-state index in [0.717, 1.165) is 22.8 Å². The molecular formula is C20H21N3O4S. The van der Waals surface area contributed by atoms with E-state index in [4.69, 9.17) is 9.47 Å². The highest BCUT2D eigenvalue weighted by molar-refractivity contribution is 7.89. The molecule has 1 aliphatic rings. The molecule has 1 aliphatic heterocycles. The number of benzene rings is 2. The SMILES string of the molecule is COc1ccc(-c2cn3c(n2)CO[C@@H](CNS(=O)(=O)c2ccccc2)C3)cc1. The third-order valence-corrected chi connectivity index (χ3v) is 6.09. The quantitative estimate of drug-likeness (QED) is 0.688. The van der Waals surface area contributed by atoms with Gasteiger partial charge in [-0.25, -0.2) is 18.1 Å². The largest absolute Gasteiger partial charge is 0.497 e. The molecule has 146 valence electrons. The predicted octanol–water partition coefficient (Wildman–Crippen LogP) is 2.44. The Morgan fingerprint density at radius 3 is 2.64 bits per heavy atom. The first kappa shape index (κ1) is 18.7. The molecule has 0 aliphatic carbocycles. The summed E-state index contributed by atoms with van der Waals surface area (Å²) >= 11 is 0. The molecule has 0 spiro atoms. The smallest absolute Gasteiger partial charge is 0.240 e. The second kappa shape index (κ2) is 7.75. The number of sulfonamides is 1. The van der Waals surface area contributed by atoms with Crippen LogP contribution in [0.2, 0.25) is 0 Å². The molecule has 0 bridgehead atoms. The molecule has 1 N–H and O–H groups in total. The van der Waals surface area contributed by atoms with Gasteiger partial charge in [-0.3, -0.25) is 0 Å². The Morgan fingerprint density at radius 2 is 1.93 bits per heavy atom. The minimum absolute atomic E-state index is 0.201. The number of hydrogen-bond acceptors (Lipinski definition) is 5. The van der Waals surface area contributed by atoms with Crippen LogP contribution < -0.4 is 9.46 Å². The molecular weight excluding hydrogens is 378 g/mol. The zero-order valence-corrected chi connectivity index (χ0v) is 16.2. The van der Waals surface area contributed by atoms with E-state index >= 15 is 0 Å². The number of aromatic nitrogens is 2. The Labute approximate surface area is 164 Å². The van der Waals surface area contributed by atoms with Gasteiger partial charge in [0.05, 0.1) is 30.3 Å². The fraction of sp³-hybridized carbons (Fsp3) is 0.250. The maximum absolute atomic E-state index is 12.4. The van der Waals surface area contributed by atoms with Crippen molar-refractivity contribution in [3.63, 3.8) is 0 Å². The molecule has 8 heteroatoms. The number of ether oxygens (including phenoxy) is 2. The van der Waals surface area contributed by atoms with Gasteiger partial charge in [-0.2, -0.15) is 0 Å². The highest BCUT2D eigenvalue weighted by atomic mass is 32.2. The fourth-order valence-electron chi connectivity index (χ4n) is 3.10. The molecule has 4 rings (SSSR count). The van der Waals surface area contributed by atoms with Crippen molar-refractivity contribution < 1.29 is 17.9 Å². The first-order valence-corrected chi connectivity index (χ1v) is 10.4. The third-order valence-electron chi connectivity index (χ3n) is 4.65. The number of imidazole rings is 1. The molecule has 7 nitrogen and oxygen atoms in total. The average molecular weight is 399 g/mol. The van der Waals surface area contributed by atoms with Gasteiger partial charge in [0, 0.05) is 18.3 Å². The van der Waals surface area contributed by atoms with Gasteiger partial charge in [0.1, 0.15) is 18.2 Å². The normalized spacial score (nSPS) is 16.5. The Bertz CT molecular complexity index is 1050. The lowest BCUT2D eigenvalue weighted by molar-refractivity contribution is 0.00586. The second-order valence-corrected chi connectivity index (χ2v) is 8.29. The average Bonchev–Trinajstić information content (AvgIpc) is 3.16. The summed E-state index contributed by atoms with van der Waals surface area (Å²) in [6.45, 7) is 1.08. The fourth-order valence-corrected chi connectivity index (χ4v) is 4.19. The summed E-state index contributed by atoms with van der Waals surface area (Å²) in [4.78, 5) is 4.87. The highest BCUT2D eigenvalue weighted by Crippen LogP contribution is 2.24. The van der Waals surface area contributed by atoms with Crippen molar-refractivity contribution in [3.05, 3.63) is 66.6 Å². The van der Waals surface area contributed by atoms with E-state index < -0.39 is 10.0 Å². The molecule has 1 aromatic heterocycles. The Hall–Kier alpha value is -2.68. The van der Waals surface area contributed by atoms with Crippen LogP contribution in [-0.2, 0) is 27.9 Å². The Kier molecular flexibility index (Phi) is 5.17. The van der Waals surface area contributed by atoms with Gasteiger partial charge in [-0.05, 0) is 36.4 Å². The van der Waals surface area contributed by atoms with Crippen LogP contribution in [0, 0.1) is 0 Å². The van der Waals surface area contributed by atoms with Gasteiger partial charge in [0.15, 0.2) is 0 Å². The van der Waals surface area contributed by atoms with Crippen LogP contribution >= 0.6 is 0 Å². The summed E-state index contributed by atoms with van der Waals surface area (Å²) < 4.78 is 40.4. The standard InChI is InChI=1S/C20H21N3O4S/c1-26-16-9-7-15(8-10-16)19-13-23-12-17(27-14-20(23)22-19)11-21-28(24,25)18-5-3-2-4-6-18/h2-10,13,17,21H,11-12,14H2,1H3/t17-/m0/s1. The number of fused-ring (bicyclic) bond motifs is 1. The van der Waals surface area contributed by atoms with E-state index in [1.807, 2.05) is 35.0 Å². The second-order valence-electron chi connectivity index (χ2n) is 6.52. The van der Waals surface area contributed by atoms with Crippen LogP contribution in [0.1, 0.15) is 5.82 Å². The van der Waals surface area contributed by atoms with Gasteiger partial charge in [0.25, 0.3) is 0 Å². The van der Waals surface area contributed by atoms with Gasteiger partial charge in [-0.1, -0.05) is 18.2 Å². The summed E-state index contributed by atoms with van der Waals surface area (Å²) in [6, 6.07) is 16.0. The zero-order valence-electron chi connectivity index (χ0n) is 15.4. The van der Waals surface area contributed by atoms with Crippen molar-refractivity contribution in [1.29, 1.82) is 0 Å². The summed E-state index contributed by atoms with van der Waals surface area (Å²) in [5, 5.41) is 0. The van der Waals surface area contributed by atoms with Crippen LogP contribution in [0.15, 0.2) is 65.7 Å². The predicted molar refractivity (Wildman–Crippen MR) is 104 cm³/mol. The molecule has 3 aromatic rings. The summed E-state index contributed by atoms with van der Waals surface area (Å²) in [5.74, 6) is 1.62. The van der Waals surface area contributed by atoms with Crippen LogP contribution in [0.5, 0.6) is 5.75 Å². The van der Waals surface area contributed by atoms with Crippen molar-refractivity contribution in [1.82, 2.24) is 14.3 Å². The lowest BCUT2D eigenvalue weighted by Gasteiger charge is -2.24. The molecule has 0 fully saturated rings. The van der Waals surface area contributed by atoms with Gasteiger partial charge >= 0.3 is 0 Å². The van der Waals surface area contributed by atoms with Crippen molar-refractivity contribution in [3.8, 4) is 17.0 Å². The maximum atomic E-state index is 12.4.